The number of nitrogens with two attached hydrogens (primary N) is 1. The van der Waals surface area contributed by atoms with Crippen LogP contribution in [0, 0.1) is 0 Å². The maximum absolute atomic E-state index is 10.2. The lowest BCUT2D eigenvalue weighted by Crippen LogP contribution is -2.27. The van der Waals surface area contributed by atoms with Gasteiger partial charge in [0.2, 0.25) is 0 Å². The molecule has 0 atom stereocenters. The molecule has 0 spiro atoms. The largest absolute Gasteiger partial charge is 0.488 e. The molecular formula is C9H15Cl2N3O3. The normalized spacial score (nSPS) is 8.71. The van der Waals surface area contributed by atoms with Crippen molar-refractivity contribution in [2.75, 3.05) is 25.4 Å². The summed E-state index contributed by atoms with van der Waals surface area (Å²) in [5.41, 5.74) is 5.53. The molecule has 0 amide bonds. The lowest BCUT2D eigenvalue weighted by molar-refractivity contribution is -0.135. The molecule has 6 nitrogen and oxygen atoms in total. The van der Waals surface area contributed by atoms with Crippen molar-refractivity contribution < 1.29 is 14.6 Å². The minimum absolute atomic E-state index is 0. The number of anilines is 1. The summed E-state index contributed by atoms with van der Waals surface area (Å²) in [6.07, 6.45) is 1.57. The maximum Gasteiger partial charge on any atom is 0.317 e. The third-order valence-electron chi connectivity index (χ3n) is 1.61. The van der Waals surface area contributed by atoms with Crippen molar-refractivity contribution in [3.05, 3.63) is 18.3 Å². The summed E-state index contributed by atoms with van der Waals surface area (Å²) < 4.78 is 5.28. The number of rotatable bonds is 6. The predicted octanol–water partition coefficient (Wildman–Crippen LogP) is 0.560. The number of halogens is 2. The maximum atomic E-state index is 10.2. The summed E-state index contributed by atoms with van der Waals surface area (Å²) in [4.78, 5) is 14.0. The molecule has 0 aliphatic rings. The Labute approximate surface area is 111 Å². The first-order chi connectivity index (χ1) is 7.20. The molecule has 98 valence electrons. The highest BCUT2D eigenvalue weighted by Crippen LogP contribution is 2.15. The molecule has 0 aliphatic carbocycles. The fourth-order valence-electron chi connectivity index (χ4n) is 0.953. The molecule has 0 bridgehead atoms. The standard InChI is InChI=1S/C9H13N3O3.2ClH/c10-9-7(2-1-3-12-9)15-5-4-11-6-8(13)14;;/h1-3,11H,4-6H2,(H2,10,12)(H,13,14);2*1H. The van der Waals surface area contributed by atoms with Crippen molar-refractivity contribution in [2.24, 2.45) is 0 Å². The number of pyridine rings is 1. The Morgan fingerprint density at radius 1 is 1.53 bits per heavy atom. The Bertz CT molecular complexity index is 339. The fourth-order valence-corrected chi connectivity index (χ4v) is 0.953. The Morgan fingerprint density at radius 3 is 2.82 bits per heavy atom. The number of aliphatic carboxylic acids is 1. The number of carboxylic acid groups (broad SMARTS) is 1. The second-order valence-electron chi connectivity index (χ2n) is 2.81. The van der Waals surface area contributed by atoms with Gasteiger partial charge in [-0.1, -0.05) is 0 Å². The Balaban J connectivity index is 0. The van der Waals surface area contributed by atoms with Gasteiger partial charge in [0, 0.05) is 12.7 Å². The average molecular weight is 284 g/mol. The molecule has 0 saturated heterocycles. The van der Waals surface area contributed by atoms with Crippen LogP contribution in [0.1, 0.15) is 0 Å². The van der Waals surface area contributed by atoms with Crippen molar-refractivity contribution in [3.63, 3.8) is 0 Å². The van der Waals surface area contributed by atoms with Crippen LogP contribution < -0.4 is 15.8 Å². The van der Waals surface area contributed by atoms with Crippen LogP contribution in [0.15, 0.2) is 18.3 Å². The highest BCUT2D eigenvalue weighted by molar-refractivity contribution is 5.85. The number of nitrogen functional groups attached to an aromatic ring is 1. The molecule has 0 unspecified atom stereocenters. The van der Waals surface area contributed by atoms with Gasteiger partial charge in [-0.2, -0.15) is 0 Å². The Morgan fingerprint density at radius 2 is 2.24 bits per heavy atom. The van der Waals surface area contributed by atoms with Crippen LogP contribution in [-0.2, 0) is 4.79 Å². The van der Waals surface area contributed by atoms with Gasteiger partial charge in [-0.25, -0.2) is 4.98 Å². The van der Waals surface area contributed by atoms with Crippen molar-refractivity contribution in [3.8, 4) is 5.75 Å². The van der Waals surface area contributed by atoms with Gasteiger partial charge in [0.05, 0.1) is 6.54 Å². The first-order valence-corrected chi connectivity index (χ1v) is 4.46. The van der Waals surface area contributed by atoms with Crippen molar-refractivity contribution in [1.82, 2.24) is 10.3 Å². The van der Waals surface area contributed by atoms with Crippen molar-refractivity contribution >= 4 is 36.6 Å². The van der Waals surface area contributed by atoms with Gasteiger partial charge in [-0.3, -0.25) is 4.79 Å². The van der Waals surface area contributed by atoms with Crippen LogP contribution in [-0.4, -0.2) is 35.8 Å². The monoisotopic (exact) mass is 283 g/mol. The van der Waals surface area contributed by atoms with E-state index < -0.39 is 5.97 Å². The van der Waals surface area contributed by atoms with E-state index in [4.69, 9.17) is 15.6 Å². The number of hydrogen-bond acceptors (Lipinski definition) is 5. The molecule has 0 fully saturated rings. The van der Waals surface area contributed by atoms with E-state index in [-0.39, 0.29) is 31.4 Å². The SMILES string of the molecule is Cl.Cl.Nc1ncccc1OCCNCC(=O)O. The van der Waals surface area contributed by atoms with Crippen LogP contribution in [0.4, 0.5) is 5.82 Å². The molecule has 1 aromatic rings. The number of aromatic nitrogens is 1. The van der Waals surface area contributed by atoms with Gasteiger partial charge in [0.1, 0.15) is 6.61 Å². The van der Waals surface area contributed by atoms with Crippen LogP contribution in [0.5, 0.6) is 5.75 Å². The minimum Gasteiger partial charge on any atom is -0.488 e. The molecule has 8 heteroatoms. The smallest absolute Gasteiger partial charge is 0.317 e. The molecule has 1 rings (SSSR count). The van der Waals surface area contributed by atoms with E-state index in [1.54, 1.807) is 18.3 Å². The zero-order valence-corrected chi connectivity index (χ0v) is 10.6. The second-order valence-corrected chi connectivity index (χ2v) is 2.81. The number of carbonyl (C=O) groups is 1. The van der Waals surface area contributed by atoms with E-state index in [1.165, 1.54) is 0 Å². The second kappa shape index (κ2) is 9.95. The molecule has 1 aromatic heterocycles. The topological polar surface area (TPSA) is 97.5 Å². The number of ether oxygens (including phenoxy) is 1. The van der Waals surface area contributed by atoms with Gasteiger partial charge >= 0.3 is 5.97 Å². The van der Waals surface area contributed by atoms with Gasteiger partial charge in [0.25, 0.3) is 0 Å². The van der Waals surface area contributed by atoms with Crippen molar-refractivity contribution in [1.29, 1.82) is 0 Å². The highest BCUT2D eigenvalue weighted by atomic mass is 35.5. The van der Waals surface area contributed by atoms with Crippen molar-refractivity contribution in [2.45, 2.75) is 0 Å². The number of nitrogens with one attached hydrogen (secondary N) is 1. The Kier molecular flexibility index (Phi) is 10.6. The lowest BCUT2D eigenvalue weighted by atomic mass is 10.4. The zero-order valence-electron chi connectivity index (χ0n) is 8.96. The van der Waals surface area contributed by atoms with E-state index in [2.05, 4.69) is 10.3 Å². The van der Waals surface area contributed by atoms with E-state index in [0.29, 0.717) is 24.7 Å². The predicted molar refractivity (Wildman–Crippen MR) is 69.1 cm³/mol. The van der Waals surface area contributed by atoms with E-state index in [0.717, 1.165) is 0 Å². The van der Waals surface area contributed by atoms with E-state index in [1.807, 2.05) is 0 Å². The molecule has 0 aromatic carbocycles. The van der Waals surface area contributed by atoms with Gasteiger partial charge < -0.3 is 20.9 Å². The highest BCUT2D eigenvalue weighted by Gasteiger charge is 1.99. The molecule has 17 heavy (non-hydrogen) atoms. The van der Waals surface area contributed by atoms with Gasteiger partial charge in [-0.05, 0) is 12.1 Å². The zero-order chi connectivity index (χ0) is 11.1. The van der Waals surface area contributed by atoms with Crippen LogP contribution in [0.2, 0.25) is 0 Å². The number of nitrogens with zero attached hydrogens (tertiary/aromatic N) is 1. The molecule has 4 N–H and O–H groups in total. The minimum atomic E-state index is -0.893. The fraction of sp³-hybridized carbons (Fsp3) is 0.333. The summed E-state index contributed by atoms with van der Waals surface area (Å²) in [7, 11) is 0. The van der Waals surface area contributed by atoms with Gasteiger partial charge in [-0.15, -0.1) is 24.8 Å². The van der Waals surface area contributed by atoms with Gasteiger partial charge in [0.15, 0.2) is 11.6 Å². The van der Waals surface area contributed by atoms with Crippen LogP contribution in [0.25, 0.3) is 0 Å². The third kappa shape index (κ3) is 7.62. The Hall–Kier alpha value is -1.24. The lowest BCUT2D eigenvalue weighted by Gasteiger charge is -2.07. The summed E-state index contributed by atoms with van der Waals surface area (Å²) in [6, 6.07) is 3.43. The summed E-state index contributed by atoms with van der Waals surface area (Å²) in [5, 5.41) is 11.0. The number of hydrogen-bond donors (Lipinski definition) is 3. The van der Waals surface area contributed by atoms with Crippen LogP contribution >= 0.6 is 24.8 Å². The molecule has 0 radical (unpaired) electrons. The van der Waals surface area contributed by atoms with E-state index in [9.17, 15) is 4.79 Å². The summed E-state index contributed by atoms with van der Waals surface area (Å²) in [6.45, 7) is 0.718. The molecular weight excluding hydrogens is 269 g/mol. The summed E-state index contributed by atoms with van der Waals surface area (Å²) in [5.74, 6) is -0.0544. The summed E-state index contributed by atoms with van der Waals surface area (Å²) >= 11 is 0. The molecule has 1 heterocycles. The quantitative estimate of drug-likeness (QED) is 0.660. The van der Waals surface area contributed by atoms with Crippen LogP contribution in [0.3, 0.4) is 0 Å². The van der Waals surface area contributed by atoms with E-state index >= 15 is 0 Å². The first-order valence-electron chi connectivity index (χ1n) is 4.46. The molecule has 0 aliphatic heterocycles. The third-order valence-corrected chi connectivity index (χ3v) is 1.61. The first kappa shape index (κ1) is 18.1. The average Bonchev–Trinajstić information content (AvgIpc) is 2.20. The number of carboxylic acids is 1. The molecule has 0 saturated carbocycles.